The van der Waals surface area contributed by atoms with E-state index in [0.29, 0.717) is 23.7 Å². The summed E-state index contributed by atoms with van der Waals surface area (Å²) in [5.41, 5.74) is 4.48. The van der Waals surface area contributed by atoms with E-state index in [1.54, 1.807) is 19.2 Å². The minimum absolute atomic E-state index is 0.492. The van der Waals surface area contributed by atoms with E-state index < -0.39 is 0 Å². The average Bonchev–Trinajstić information content (AvgIpc) is 3.03. The lowest BCUT2D eigenvalue weighted by Gasteiger charge is -2.08. The molecule has 0 unspecified atom stereocenters. The number of aryl methyl sites for hydroxylation is 1. The van der Waals surface area contributed by atoms with Gasteiger partial charge >= 0.3 is 0 Å². The molecule has 2 aromatic carbocycles. The highest BCUT2D eigenvalue weighted by molar-refractivity contribution is 6.09. The van der Waals surface area contributed by atoms with Gasteiger partial charge in [-0.1, -0.05) is 12.1 Å². The zero-order valence-corrected chi connectivity index (χ0v) is 14.5. The molecule has 26 heavy (non-hydrogen) atoms. The van der Waals surface area contributed by atoms with E-state index in [1.165, 1.54) is 0 Å². The summed E-state index contributed by atoms with van der Waals surface area (Å²) in [5.74, 6) is 1.23. The number of hydrogen-bond donors (Lipinski definition) is 1. The van der Waals surface area contributed by atoms with E-state index in [2.05, 4.69) is 16.0 Å². The van der Waals surface area contributed by atoms with Gasteiger partial charge in [-0.3, -0.25) is 4.98 Å². The van der Waals surface area contributed by atoms with Crippen LogP contribution in [-0.2, 0) is 11.3 Å². The summed E-state index contributed by atoms with van der Waals surface area (Å²) >= 11 is 0. The van der Waals surface area contributed by atoms with E-state index in [0.717, 1.165) is 33.1 Å². The van der Waals surface area contributed by atoms with Crippen molar-refractivity contribution in [3.63, 3.8) is 0 Å². The Labute approximate surface area is 150 Å². The summed E-state index contributed by atoms with van der Waals surface area (Å²) in [6, 6.07) is 15.2. The summed E-state index contributed by atoms with van der Waals surface area (Å²) in [6.07, 6.45) is 1.84. The number of pyridine rings is 1. The van der Waals surface area contributed by atoms with Crippen LogP contribution in [0.2, 0.25) is 0 Å². The summed E-state index contributed by atoms with van der Waals surface area (Å²) in [4.78, 5) is 7.85. The fourth-order valence-electron chi connectivity index (χ4n) is 3.19. The van der Waals surface area contributed by atoms with Crippen LogP contribution >= 0.6 is 0 Å². The van der Waals surface area contributed by atoms with Crippen molar-refractivity contribution in [2.45, 2.75) is 13.5 Å². The normalized spacial score (nSPS) is 11.0. The summed E-state index contributed by atoms with van der Waals surface area (Å²) in [5, 5.41) is 11.4. The Hall–Kier alpha value is -3.36. The van der Waals surface area contributed by atoms with Crippen LogP contribution in [0.4, 0.5) is 0 Å². The lowest BCUT2D eigenvalue weighted by molar-refractivity contribution is 0.185. The predicted octanol–water partition coefficient (Wildman–Crippen LogP) is 4.83. The number of methoxy groups -OCH3 is 1. The largest absolute Gasteiger partial charge is 0.456 e. The van der Waals surface area contributed by atoms with Gasteiger partial charge in [0.1, 0.15) is 17.6 Å². The first-order chi connectivity index (χ1) is 12.7. The highest BCUT2D eigenvalue weighted by Gasteiger charge is 2.13. The quantitative estimate of drug-likeness (QED) is 0.576. The number of nitrogens with one attached hydrogen (secondary N) is 1. The molecule has 0 fully saturated rings. The summed E-state index contributed by atoms with van der Waals surface area (Å²) in [7, 11) is 1.68. The van der Waals surface area contributed by atoms with Gasteiger partial charge in [-0.15, -0.1) is 0 Å². The second-order valence-electron chi connectivity index (χ2n) is 6.09. The Morgan fingerprint density at radius 3 is 2.81 bits per heavy atom. The third kappa shape index (κ3) is 2.67. The molecule has 0 saturated heterocycles. The zero-order valence-electron chi connectivity index (χ0n) is 14.5. The van der Waals surface area contributed by atoms with Crippen LogP contribution in [0.25, 0.3) is 21.8 Å². The van der Waals surface area contributed by atoms with Crippen LogP contribution < -0.4 is 4.74 Å². The van der Waals surface area contributed by atoms with Gasteiger partial charge in [0.15, 0.2) is 0 Å². The molecule has 1 N–H and O–H groups in total. The van der Waals surface area contributed by atoms with Gasteiger partial charge in [-0.05, 0) is 37.3 Å². The number of nitriles is 1. The first-order valence-corrected chi connectivity index (χ1v) is 8.27. The SMILES string of the molecule is COCc1c(C)ncc2[nH]c3ccc(Oc4ccccc4C#N)cc3c12. The van der Waals surface area contributed by atoms with Crippen LogP contribution in [0.3, 0.4) is 0 Å². The van der Waals surface area contributed by atoms with Gasteiger partial charge in [-0.2, -0.15) is 5.26 Å². The Balaban J connectivity index is 1.87. The molecule has 0 aliphatic carbocycles. The maximum Gasteiger partial charge on any atom is 0.145 e. The molecule has 0 atom stereocenters. The highest BCUT2D eigenvalue weighted by Crippen LogP contribution is 2.34. The fraction of sp³-hybridized carbons (Fsp3) is 0.143. The molecule has 0 saturated carbocycles. The lowest BCUT2D eigenvalue weighted by atomic mass is 10.1. The maximum atomic E-state index is 9.25. The monoisotopic (exact) mass is 343 g/mol. The number of aromatic nitrogens is 2. The van der Waals surface area contributed by atoms with Crippen LogP contribution in [0, 0.1) is 18.3 Å². The predicted molar refractivity (Wildman–Crippen MR) is 100 cm³/mol. The highest BCUT2D eigenvalue weighted by atomic mass is 16.5. The number of ether oxygens (including phenoxy) is 2. The van der Waals surface area contributed by atoms with E-state index in [4.69, 9.17) is 9.47 Å². The Kier molecular flexibility index (Phi) is 4.04. The maximum absolute atomic E-state index is 9.25. The lowest BCUT2D eigenvalue weighted by Crippen LogP contribution is -1.95. The number of aromatic amines is 1. The van der Waals surface area contributed by atoms with E-state index in [-0.39, 0.29) is 0 Å². The molecule has 0 spiro atoms. The minimum Gasteiger partial charge on any atom is -0.456 e. The molecule has 5 nitrogen and oxygen atoms in total. The number of fused-ring (bicyclic) bond motifs is 3. The van der Waals surface area contributed by atoms with Gasteiger partial charge in [-0.25, -0.2) is 0 Å². The van der Waals surface area contributed by atoms with Crippen molar-refractivity contribution >= 4 is 21.8 Å². The number of para-hydroxylation sites is 1. The average molecular weight is 343 g/mol. The first kappa shape index (κ1) is 16.1. The molecule has 2 heterocycles. The Morgan fingerprint density at radius 2 is 2.00 bits per heavy atom. The molecule has 0 aliphatic heterocycles. The number of benzene rings is 2. The molecular weight excluding hydrogens is 326 g/mol. The third-order valence-electron chi connectivity index (χ3n) is 4.45. The second kappa shape index (κ2) is 6.51. The van der Waals surface area contributed by atoms with E-state index in [9.17, 15) is 5.26 Å². The standard InChI is InChI=1S/C21H17N3O2/c1-13-17(12-25-2)21-16-9-15(7-8-18(16)24-19(21)11-23-13)26-20-6-4-3-5-14(20)10-22/h3-9,11,24H,12H2,1-2H3. The topological polar surface area (TPSA) is 70.9 Å². The summed E-state index contributed by atoms with van der Waals surface area (Å²) in [6.45, 7) is 2.47. The Morgan fingerprint density at radius 1 is 1.15 bits per heavy atom. The van der Waals surface area contributed by atoms with E-state index >= 15 is 0 Å². The number of H-pyrrole nitrogens is 1. The molecule has 4 aromatic rings. The van der Waals surface area contributed by atoms with Crippen molar-refractivity contribution in [1.82, 2.24) is 9.97 Å². The molecule has 0 aliphatic rings. The van der Waals surface area contributed by atoms with Crippen molar-refractivity contribution in [3.8, 4) is 17.6 Å². The van der Waals surface area contributed by atoms with Crippen molar-refractivity contribution in [3.05, 3.63) is 65.5 Å². The molecule has 128 valence electrons. The smallest absolute Gasteiger partial charge is 0.145 e. The summed E-state index contributed by atoms with van der Waals surface area (Å²) < 4.78 is 11.3. The van der Waals surface area contributed by atoms with Crippen molar-refractivity contribution < 1.29 is 9.47 Å². The first-order valence-electron chi connectivity index (χ1n) is 8.27. The minimum atomic E-state index is 0.492. The molecule has 5 heteroatoms. The van der Waals surface area contributed by atoms with Gasteiger partial charge in [0.2, 0.25) is 0 Å². The second-order valence-corrected chi connectivity index (χ2v) is 6.09. The molecule has 0 radical (unpaired) electrons. The van der Waals surface area contributed by atoms with Crippen LogP contribution in [-0.4, -0.2) is 17.1 Å². The molecule has 0 amide bonds. The molecular formula is C21H17N3O2. The number of nitrogens with zero attached hydrogens (tertiary/aromatic N) is 2. The van der Waals surface area contributed by atoms with Gasteiger partial charge < -0.3 is 14.5 Å². The third-order valence-corrected chi connectivity index (χ3v) is 4.45. The van der Waals surface area contributed by atoms with Crippen LogP contribution in [0.1, 0.15) is 16.8 Å². The molecule has 0 bridgehead atoms. The number of rotatable bonds is 4. The van der Waals surface area contributed by atoms with Gasteiger partial charge in [0, 0.05) is 34.7 Å². The molecule has 2 aromatic heterocycles. The van der Waals surface area contributed by atoms with Crippen LogP contribution in [0.15, 0.2) is 48.7 Å². The van der Waals surface area contributed by atoms with E-state index in [1.807, 2.05) is 43.5 Å². The fourth-order valence-corrected chi connectivity index (χ4v) is 3.19. The number of hydrogen-bond acceptors (Lipinski definition) is 4. The van der Waals surface area contributed by atoms with Crippen molar-refractivity contribution in [2.24, 2.45) is 0 Å². The van der Waals surface area contributed by atoms with Gasteiger partial charge in [0.05, 0.1) is 23.9 Å². The van der Waals surface area contributed by atoms with Gasteiger partial charge in [0.25, 0.3) is 0 Å². The van der Waals surface area contributed by atoms with Crippen molar-refractivity contribution in [1.29, 1.82) is 5.26 Å². The Bertz CT molecular complexity index is 1160. The van der Waals surface area contributed by atoms with Crippen LogP contribution in [0.5, 0.6) is 11.5 Å². The molecule has 4 rings (SSSR count). The zero-order chi connectivity index (χ0) is 18.1. The van der Waals surface area contributed by atoms with Crippen molar-refractivity contribution in [2.75, 3.05) is 7.11 Å².